The first-order valence-electron chi connectivity index (χ1n) is 6.19. The molecule has 3 nitrogen and oxygen atoms in total. The van der Waals surface area contributed by atoms with E-state index in [1.807, 2.05) is 19.9 Å². The molecule has 2 atom stereocenters. The van der Waals surface area contributed by atoms with Crippen LogP contribution < -0.4 is 10.1 Å². The summed E-state index contributed by atoms with van der Waals surface area (Å²) in [5, 5.41) is 13.0. The standard InChI is InChI=1S/C14H20FNO2/c1-14(2)12(7-13(14)17)16-8-9-4-5-11(18-3)10(15)6-9/h4-6,12-13,16-17H,7-8H2,1-3H3. The van der Waals surface area contributed by atoms with Gasteiger partial charge in [0, 0.05) is 18.0 Å². The fraction of sp³-hybridized carbons (Fsp3) is 0.571. The molecule has 2 N–H and O–H groups in total. The fourth-order valence-electron chi connectivity index (χ4n) is 2.31. The van der Waals surface area contributed by atoms with Gasteiger partial charge < -0.3 is 15.2 Å². The van der Waals surface area contributed by atoms with E-state index >= 15 is 0 Å². The summed E-state index contributed by atoms with van der Waals surface area (Å²) in [4.78, 5) is 0. The summed E-state index contributed by atoms with van der Waals surface area (Å²) in [7, 11) is 1.45. The number of hydrogen-bond donors (Lipinski definition) is 2. The Labute approximate surface area is 107 Å². The van der Waals surface area contributed by atoms with Gasteiger partial charge in [0.2, 0.25) is 0 Å². The van der Waals surface area contributed by atoms with Crippen LogP contribution in [0.2, 0.25) is 0 Å². The van der Waals surface area contributed by atoms with Gasteiger partial charge in [0.25, 0.3) is 0 Å². The summed E-state index contributed by atoms with van der Waals surface area (Å²) >= 11 is 0. The monoisotopic (exact) mass is 253 g/mol. The number of ether oxygens (including phenoxy) is 1. The van der Waals surface area contributed by atoms with E-state index in [1.165, 1.54) is 13.2 Å². The maximum Gasteiger partial charge on any atom is 0.165 e. The van der Waals surface area contributed by atoms with Crippen LogP contribution in [-0.4, -0.2) is 24.4 Å². The summed E-state index contributed by atoms with van der Waals surface area (Å²) in [6.45, 7) is 4.67. The highest BCUT2D eigenvalue weighted by Gasteiger charge is 2.46. The first-order valence-corrected chi connectivity index (χ1v) is 6.19. The Morgan fingerprint density at radius 3 is 2.72 bits per heavy atom. The van der Waals surface area contributed by atoms with Crippen LogP contribution in [0.3, 0.4) is 0 Å². The van der Waals surface area contributed by atoms with Crippen molar-refractivity contribution >= 4 is 0 Å². The van der Waals surface area contributed by atoms with E-state index in [-0.39, 0.29) is 29.1 Å². The molecular formula is C14H20FNO2. The van der Waals surface area contributed by atoms with Crippen molar-refractivity contribution in [2.45, 2.75) is 39.0 Å². The molecule has 0 aliphatic heterocycles. The maximum atomic E-state index is 13.5. The van der Waals surface area contributed by atoms with Crippen LogP contribution in [0.1, 0.15) is 25.8 Å². The van der Waals surface area contributed by atoms with Crippen LogP contribution in [0.5, 0.6) is 5.75 Å². The largest absolute Gasteiger partial charge is 0.494 e. The lowest BCUT2D eigenvalue weighted by Gasteiger charge is -2.49. The molecule has 0 spiro atoms. The third-order valence-electron chi connectivity index (χ3n) is 3.98. The number of aliphatic hydroxyl groups is 1. The van der Waals surface area contributed by atoms with Crippen molar-refractivity contribution < 1.29 is 14.2 Å². The first kappa shape index (κ1) is 13.3. The second-order valence-electron chi connectivity index (χ2n) is 5.48. The molecule has 0 amide bonds. The van der Waals surface area contributed by atoms with Gasteiger partial charge in [-0.25, -0.2) is 4.39 Å². The van der Waals surface area contributed by atoms with Crippen LogP contribution in [0, 0.1) is 11.2 Å². The van der Waals surface area contributed by atoms with Gasteiger partial charge in [-0.2, -0.15) is 0 Å². The number of rotatable bonds is 4. The predicted molar refractivity (Wildman–Crippen MR) is 68.0 cm³/mol. The molecule has 2 rings (SSSR count). The minimum absolute atomic E-state index is 0.106. The molecule has 0 bridgehead atoms. The predicted octanol–water partition coefficient (Wildman–Crippen LogP) is 2.08. The van der Waals surface area contributed by atoms with E-state index in [9.17, 15) is 9.50 Å². The molecular weight excluding hydrogens is 233 g/mol. The third kappa shape index (κ3) is 2.35. The van der Waals surface area contributed by atoms with E-state index in [1.54, 1.807) is 6.07 Å². The SMILES string of the molecule is COc1ccc(CNC2CC(O)C2(C)C)cc1F. The Morgan fingerprint density at radius 2 is 2.22 bits per heavy atom. The van der Waals surface area contributed by atoms with Crippen LogP contribution in [0.4, 0.5) is 4.39 Å². The highest BCUT2D eigenvalue weighted by Crippen LogP contribution is 2.40. The quantitative estimate of drug-likeness (QED) is 0.863. The van der Waals surface area contributed by atoms with E-state index in [2.05, 4.69) is 5.32 Å². The number of nitrogens with one attached hydrogen (secondary N) is 1. The zero-order valence-electron chi connectivity index (χ0n) is 11.0. The third-order valence-corrected chi connectivity index (χ3v) is 3.98. The molecule has 2 unspecified atom stereocenters. The molecule has 1 aromatic carbocycles. The summed E-state index contributed by atoms with van der Waals surface area (Å²) in [6, 6.07) is 5.23. The van der Waals surface area contributed by atoms with E-state index in [4.69, 9.17) is 4.74 Å². The number of benzene rings is 1. The van der Waals surface area contributed by atoms with Crippen molar-refractivity contribution in [3.05, 3.63) is 29.6 Å². The molecule has 1 saturated carbocycles. The molecule has 1 aliphatic rings. The van der Waals surface area contributed by atoms with Gasteiger partial charge in [-0.05, 0) is 24.1 Å². The average molecular weight is 253 g/mol. The zero-order valence-corrected chi connectivity index (χ0v) is 11.0. The van der Waals surface area contributed by atoms with Gasteiger partial charge in [-0.15, -0.1) is 0 Å². The van der Waals surface area contributed by atoms with Gasteiger partial charge in [0.1, 0.15) is 0 Å². The zero-order chi connectivity index (χ0) is 13.3. The van der Waals surface area contributed by atoms with Crippen molar-refractivity contribution in [2.24, 2.45) is 5.41 Å². The van der Waals surface area contributed by atoms with Gasteiger partial charge >= 0.3 is 0 Å². The molecule has 0 saturated heterocycles. The van der Waals surface area contributed by atoms with Crippen LogP contribution in [-0.2, 0) is 6.54 Å². The minimum Gasteiger partial charge on any atom is -0.494 e. The van der Waals surface area contributed by atoms with E-state index in [0.29, 0.717) is 6.54 Å². The number of hydrogen-bond acceptors (Lipinski definition) is 3. The van der Waals surface area contributed by atoms with Crippen LogP contribution in [0.25, 0.3) is 0 Å². The van der Waals surface area contributed by atoms with Crippen LogP contribution in [0.15, 0.2) is 18.2 Å². The average Bonchev–Trinajstić information content (AvgIpc) is 2.34. The number of methoxy groups -OCH3 is 1. The molecule has 4 heteroatoms. The van der Waals surface area contributed by atoms with Gasteiger partial charge in [-0.3, -0.25) is 0 Å². The summed E-state index contributed by atoms with van der Waals surface area (Å²) < 4.78 is 18.4. The number of aliphatic hydroxyl groups excluding tert-OH is 1. The van der Waals surface area contributed by atoms with E-state index < -0.39 is 0 Å². The van der Waals surface area contributed by atoms with Gasteiger partial charge in [-0.1, -0.05) is 19.9 Å². The second kappa shape index (κ2) is 4.86. The summed E-state index contributed by atoms with van der Waals surface area (Å²) in [6.07, 6.45) is 0.508. The topological polar surface area (TPSA) is 41.5 Å². The summed E-state index contributed by atoms with van der Waals surface area (Å²) in [5.41, 5.74) is 0.774. The lowest BCUT2D eigenvalue weighted by atomic mass is 9.64. The second-order valence-corrected chi connectivity index (χ2v) is 5.48. The normalized spacial score (nSPS) is 25.6. The minimum atomic E-state index is -0.343. The summed E-state index contributed by atoms with van der Waals surface area (Å²) in [5.74, 6) is -0.0807. The fourth-order valence-corrected chi connectivity index (χ4v) is 2.31. The van der Waals surface area contributed by atoms with Crippen molar-refractivity contribution in [1.82, 2.24) is 5.32 Å². The smallest absolute Gasteiger partial charge is 0.165 e. The Kier molecular flexibility index (Phi) is 3.59. The number of halogens is 1. The highest BCUT2D eigenvalue weighted by atomic mass is 19.1. The van der Waals surface area contributed by atoms with Crippen molar-refractivity contribution in [2.75, 3.05) is 7.11 Å². The van der Waals surface area contributed by atoms with Crippen molar-refractivity contribution in [3.8, 4) is 5.75 Å². The Morgan fingerprint density at radius 1 is 1.50 bits per heavy atom. The Balaban J connectivity index is 1.93. The lowest BCUT2D eigenvalue weighted by molar-refractivity contribution is -0.0729. The molecule has 1 fully saturated rings. The van der Waals surface area contributed by atoms with Gasteiger partial charge in [0.15, 0.2) is 11.6 Å². The van der Waals surface area contributed by atoms with E-state index in [0.717, 1.165) is 12.0 Å². The molecule has 18 heavy (non-hydrogen) atoms. The molecule has 1 aromatic rings. The van der Waals surface area contributed by atoms with Gasteiger partial charge in [0.05, 0.1) is 13.2 Å². The maximum absolute atomic E-state index is 13.5. The lowest BCUT2D eigenvalue weighted by Crippen LogP contribution is -2.59. The molecule has 0 heterocycles. The molecule has 0 aromatic heterocycles. The Bertz CT molecular complexity index is 434. The molecule has 1 aliphatic carbocycles. The first-order chi connectivity index (χ1) is 8.45. The molecule has 0 radical (unpaired) electrons. The molecule has 100 valence electrons. The van der Waals surface area contributed by atoms with Crippen molar-refractivity contribution in [1.29, 1.82) is 0 Å². The van der Waals surface area contributed by atoms with Crippen LogP contribution >= 0.6 is 0 Å². The highest BCUT2D eigenvalue weighted by molar-refractivity contribution is 5.29. The van der Waals surface area contributed by atoms with Crippen molar-refractivity contribution in [3.63, 3.8) is 0 Å². The Hall–Kier alpha value is -1.13.